The minimum atomic E-state index is 0.680. The van der Waals surface area contributed by atoms with E-state index in [1.165, 1.54) is 0 Å². The Morgan fingerprint density at radius 1 is 1.24 bits per heavy atom. The first-order chi connectivity index (χ1) is 8.15. The van der Waals surface area contributed by atoms with Gasteiger partial charge in [0.1, 0.15) is 5.69 Å². The minimum Gasteiger partial charge on any atom is -0.399 e. The van der Waals surface area contributed by atoms with Crippen LogP contribution >= 0.6 is 0 Å². The SMILES string of the molecule is CC(C)CCn1cc(-c2ccc(N)cc2)nn1. The van der Waals surface area contributed by atoms with Crippen molar-refractivity contribution in [1.29, 1.82) is 0 Å². The van der Waals surface area contributed by atoms with Crippen LogP contribution in [0.5, 0.6) is 0 Å². The molecule has 1 heterocycles. The number of benzene rings is 1. The zero-order valence-corrected chi connectivity index (χ0v) is 10.3. The fourth-order valence-electron chi connectivity index (χ4n) is 1.58. The van der Waals surface area contributed by atoms with Crippen molar-refractivity contribution in [3.05, 3.63) is 30.5 Å². The largest absolute Gasteiger partial charge is 0.399 e. The molecule has 0 aliphatic heterocycles. The zero-order valence-electron chi connectivity index (χ0n) is 10.3. The predicted molar refractivity (Wildman–Crippen MR) is 69.3 cm³/mol. The predicted octanol–water partition coefficient (Wildman–Crippen LogP) is 2.57. The summed E-state index contributed by atoms with van der Waals surface area (Å²) in [5, 5.41) is 8.29. The third-order valence-electron chi connectivity index (χ3n) is 2.68. The van der Waals surface area contributed by atoms with E-state index in [4.69, 9.17) is 5.73 Å². The molecule has 17 heavy (non-hydrogen) atoms. The molecule has 2 rings (SSSR count). The third-order valence-corrected chi connectivity index (χ3v) is 2.68. The average Bonchev–Trinajstić information content (AvgIpc) is 2.76. The summed E-state index contributed by atoms with van der Waals surface area (Å²) >= 11 is 0. The summed E-state index contributed by atoms with van der Waals surface area (Å²) < 4.78 is 1.89. The summed E-state index contributed by atoms with van der Waals surface area (Å²) in [7, 11) is 0. The summed E-state index contributed by atoms with van der Waals surface area (Å²) in [6, 6.07) is 7.68. The van der Waals surface area contributed by atoms with E-state index < -0.39 is 0 Å². The van der Waals surface area contributed by atoms with E-state index in [-0.39, 0.29) is 0 Å². The second kappa shape index (κ2) is 4.99. The van der Waals surface area contributed by atoms with Crippen molar-refractivity contribution >= 4 is 5.69 Å². The normalized spacial score (nSPS) is 11.0. The molecule has 0 saturated carbocycles. The summed E-state index contributed by atoms with van der Waals surface area (Å²) in [4.78, 5) is 0. The lowest BCUT2D eigenvalue weighted by molar-refractivity contribution is 0.478. The molecule has 0 atom stereocenters. The van der Waals surface area contributed by atoms with E-state index in [0.29, 0.717) is 5.92 Å². The number of rotatable bonds is 4. The van der Waals surface area contributed by atoms with Gasteiger partial charge in [0, 0.05) is 17.8 Å². The van der Waals surface area contributed by atoms with Crippen molar-refractivity contribution in [3.8, 4) is 11.3 Å². The summed E-state index contributed by atoms with van der Waals surface area (Å²) in [6.07, 6.45) is 3.10. The monoisotopic (exact) mass is 230 g/mol. The maximum atomic E-state index is 5.65. The Hall–Kier alpha value is -1.84. The number of nitrogens with two attached hydrogens (primary N) is 1. The molecule has 4 nitrogen and oxygen atoms in total. The van der Waals surface area contributed by atoms with Crippen LogP contribution in [0.25, 0.3) is 11.3 Å². The smallest absolute Gasteiger partial charge is 0.113 e. The molecule has 0 unspecified atom stereocenters. The van der Waals surface area contributed by atoms with Crippen molar-refractivity contribution in [2.75, 3.05) is 5.73 Å². The van der Waals surface area contributed by atoms with Gasteiger partial charge in [0.25, 0.3) is 0 Å². The molecule has 0 saturated heterocycles. The van der Waals surface area contributed by atoms with Crippen molar-refractivity contribution in [3.63, 3.8) is 0 Å². The highest BCUT2D eigenvalue weighted by molar-refractivity contribution is 5.60. The topological polar surface area (TPSA) is 56.7 Å². The molecule has 0 aliphatic carbocycles. The number of anilines is 1. The van der Waals surface area contributed by atoms with Gasteiger partial charge in [-0.25, -0.2) is 0 Å². The van der Waals surface area contributed by atoms with Crippen molar-refractivity contribution in [2.24, 2.45) is 5.92 Å². The van der Waals surface area contributed by atoms with Gasteiger partial charge in [-0.05, 0) is 24.5 Å². The summed E-state index contributed by atoms with van der Waals surface area (Å²) in [5.74, 6) is 0.680. The summed E-state index contributed by atoms with van der Waals surface area (Å²) in [6.45, 7) is 5.33. The van der Waals surface area contributed by atoms with E-state index in [0.717, 1.165) is 29.9 Å². The first-order valence-electron chi connectivity index (χ1n) is 5.91. The van der Waals surface area contributed by atoms with E-state index in [1.807, 2.05) is 35.1 Å². The van der Waals surface area contributed by atoms with E-state index in [2.05, 4.69) is 24.2 Å². The van der Waals surface area contributed by atoms with Crippen LogP contribution in [-0.4, -0.2) is 15.0 Å². The Morgan fingerprint density at radius 3 is 2.59 bits per heavy atom. The second-order valence-corrected chi connectivity index (χ2v) is 4.67. The van der Waals surface area contributed by atoms with Crippen LogP contribution in [0.15, 0.2) is 30.5 Å². The highest BCUT2D eigenvalue weighted by atomic mass is 15.4. The fourth-order valence-corrected chi connectivity index (χ4v) is 1.58. The number of aromatic nitrogens is 3. The van der Waals surface area contributed by atoms with Gasteiger partial charge < -0.3 is 5.73 Å². The fraction of sp³-hybridized carbons (Fsp3) is 0.385. The average molecular weight is 230 g/mol. The maximum absolute atomic E-state index is 5.65. The lowest BCUT2D eigenvalue weighted by Gasteiger charge is -2.02. The Kier molecular flexibility index (Phi) is 3.42. The Bertz CT molecular complexity index is 470. The molecule has 0 spiro atoms. The van der Waals surface area contributed by atoms with Crippen LogP contribution in [0.2, 0.25) is 0 Å². The van der Waals surface area contributed by atoms with Crippen LogP contribution in [0.3, 0.4) is 0 Å². The molecule has 2 N–H and O–H groups in total. The van der Waals surface area contributed by atoms with Gasteiger partial charge in [-0.1, -0.05) is 31.2 Å². The Labute approximate surface area is 101 Å². The van der Waals surface area contributed by atoms with Gasteiger partial charge in [-0.3, -0.25) is 4.68 Å². The number of hydrogen-bond donors (Lipinski definition) is 1. The number of hydrogen-bond acceptors (Lipinski definition) is 3. The number of nitrogens with zero attached hydrogens (tertiary/aromatic N) is 3. The Morgan fingerprint density at radius 2 is 1.94 bits per heavy atom. The van der Waals surface area contributed by atoms with Crippen molar-refractivity contribution < 1.29 is 0 Å². The van der Waals surface area contributed by atoms with Gasteiger partial charge in [-0.2, -0.15) is 0 Å². The van der Waals surface area contributed by atoms with Crippen LogP contribution in [-0.2, 0) is 6.54 Å². The van der Waals surface area contributed by atoms with Crippen LogP contribution in [0, 0.1) is 5.92 Å². The lowest BCUT2D eigenvalue weighted by atomic mass is 10.1. The van der Waals surface area contributed by atoms with E-state index in [9.17, 15) is 0 Å². The van der Waals surface area contributed by atoms with Crippen LogP contribution < -0.4 is 5.73 Å². The highest BCUT2D eigenvalue weighted by Gasteiger charge is 2.04. The lowest BCUT2D eigenvalue weighted by Crippen LogP contribution is -2.01. The van der Waals surface area contributed by atoms with Gasteiger partial charge in [0.05, 0.1) is 6.20 Å². The standard InChI is InChI=1S/C13H18N4/c1-10(2)7-8-17-9-13(15-16-17)11-3-5-12(14)6-4-11/h3-6,9-10H,7-8,14H2,1-2H3. The zero-order chi connectivity index (χ0) is 12.3. The molecule has 1 aromatic heterocycles. The van der Waals surface area contributed by atoms with E-state index >= 15 is 0 Å². The first-order valence-corrected chi connectivity index (χ1v) is 5.91. The quantitative estimate of drug-likeness (QED) is 0.821. The van der Waals surface area contributed by atoms with Gasteiger partial charge in [-0.15, -0.1) is 5.10 Å². The first kappa shape index (κ1) is 11.6. The highest BCUT2D eigenvalue weighted by Crippen LogP contribution is 2.17. The molecule has 90 valence electrons. The van der Waals surface area contributed by atoms with Crippen molar-refractivity contribution in [2.45, 2.75) is 26.8 Å². The second-order valence-electron chi connectivity index (χ2n) is 4.67. The van der Waals surface area contributed by atoms with Crippen LogP contribution in [0.1, 0.15) is 20.3 Å². The maximum Gasteiger partial charge on any atom is 0.113 e. The number of nitrogen functional groups attached to an aromatic ring is 1. The molecule has 0 radical (unpaired) electrons. The number of aryl methyl sites for hydroxylation is 1. The molecular formula is C13H18N4. The minimum absolute atomic E-state index is 0.680. The van der Waals surface area contributed by atoms with Crippen molar-refractivity contribution in [1.82, 2.24) is 15.0 Å². The van der Waals surface area contributed by atoms with E-state index in [1.54, 1.807) is 0 Å². The molecule has 4 heteroatoms. The van der Waals surface area contributed by atoms with Gasteiger partial charge in [0.15, 0.2) is 0 Å². The van der Waals surface area contributed by atoms with Gasteiger partial charge in [0.2, 0.25) is 0 Å². The molecule has 0 bridgehead atoms. The molecular weight excluding hydrogens is 212 g/mol. The molecule has 0 fully saturated rings. The Balaban J connectivity index is 2.10. The molecule has 0 amide bonds. The third kappa shape index (κ3) is 3.06. The molecule has 1 aromatic carbocycles. The van der Waals surface area contributed by atoms with Crippen LogP contribution in [0.4, 0.5) is 5.69 Å². The van der Waals surface area contributed by atoms with Gasteiger partial charge >= 0.3 is 0 Å². The molecule has 2 aromatic rings. The summed E-state index contributed by atoms with van der Waals surface area (Å²) in [5.41, 5.74) is 8.36. The molecule has 0 aliphatic rings.